The van der Waals surface area contributed by atoms with Crippen LogP contribution in [0.15, 0.2) is 12.4 Å². The standard InChI is InChI=1S/C12H16F3N3/c1-8-17-6-10(7-18-8)9(5-16)4-11(2-3-11)12(13,14)15/h6-7,9H,2-5,16H2,1H3/t9-/m0/s1. The fourth-order valence-electron chi connectivity index (χ4n) is 2.18. The van der Waals surface area contributed by atoms with Gasteiger partial charge in [-0.15, -0.1) is 0 Å². The van der Waals surface area contributed by atoms with Gasteiger partial charge in [0.2, 0.25) is 0 Å². The van der Waals surface area contributed by atoms with Crippen LogP contribution in [0.25, 0.3) is 0 Å². The molecular weight excluding hydrogens is 243 g/mol. The van der Waals surface area contributed by atoms with E-state index in [2.05, 4.69) is 9.97 Å². The summed E-state index contributed by atoms with van der Waals surface area (Å²) in [7, 11) is 0. The second-order valence-electron chi connectivity index (χ2n) is 4.98. The van der Waals surface area contributed by atoms with Crippen molar-refractivity contribution in [1.82, 2.24) is 9.97 Å². The quantitative estimate of drug-likeness (QED) is 0.904. The van der Waals surface area contributed by atoms with Gasteiger partial charge in [0.15, 0.2) is 0 Å². The van der Waals surface area contributed by atoms with Gasteiger partial charge in [0.1, 0.15) is 5.82 Å². The molecule has 1 heterocycles. The van der Waals surface area contributed by atoms with Gasteiger partial charge in [-0.2, -0.15) is 13.2 Å². The number of aromatic nitrogens is 2. The second kappa shape index (κ2) is 4.50. The molecule has 1 aromatic rings. The van der Waals surface area contributed by atoms with E-state index in [1.807, 2.05) is 0 Å². The summed E-state index contributed by atoms with van der Waals surface area (Å²) >= 11 is 0. The largest absolute Gasteiger partial charge is 0.394 e. The molecule has 100 valence electrons. The maximum absolute atomic E-state index is 12.9. The Labute approximate surface area is 104 Å². The molecule has 2 N–H and O–H groups in total. The Morgan fingerprint density at radius 1 is 1.33 bits per heavy atom. The first-order valence-corrected chi connectivity index (χ1v) is 5.93. The molecule has 1 aliphatic rings. The van der Waals surface area contributed by atoms with E-state index in [9.17, 15) is 13.2 Å². The Bertz CT molecular complexity index is 410. The number of hydrogen-bond donors (Lipinski definition) is 1. The number of hydrogen-bond acceptors (Lipinski definition) is 3. The van der Waals surface area contributed by atoms with Gasteiger partial charge in [0.05, 0.1) is 5.41 Å². The van der Waals surface area contributed by atoms with Gasteiger partial charge in [-0.3, -0.25) is 0 Å². The fourth-order valence-corrected chi connectivity index (χ4v) is 2.18. The molecular formula is C12H16F3N3. The molecule has 2 rings (SSSR count). The highest BCUT2D eigenvalue weighted by molar-refractivity contribution is 5.15. The lowest BCUT2D eigenvalue weighted by Crippen LogP contribution is -2.28. The molecule has 0 spiro atoms. The van der Waals surface area contributed by atoms with Gasteiger partial charge in [0, 0.05) is 18.3 Å². The molecule has 0 unspecified atom stereocenters. The highest BCUT2D eigenvalue weighted by Crippen LogP contribution is 2.61. The zero-order chi connectivity index (χ0) is 13.4. The van der Waals surface area contributed by atoms with Gasteiger partial charge < -0.3 is 5.73 Å². The van der Waals surface area contributed by atoms with E-state index in [0.717, 1.165) is 0 Å². The van der Waals surface area contributed by atoms with Crippen molar-refractivity contribution in [3.05, 3.63) is 23.8 Å². The third-order valence-corrected chi connectivity index (χ3v) is 3.65. The van der Waals surface area contributed by atoms with E-state index in [1.54, 1.807) is 19.3 Å². The third-order valence-electron chi connectivity index (χ3n) is 3.65. The lowest BCUT2D eigenvalue weighted by atomic mass is 9.87. The van der Waals surface area contributed by atoms with Crippen LogP contribution in [0.4, 0.5) is 13.2 Å². The van der Waals surface area contributed by atoms with Gasteiger partial charge in [-0.05, 0) is 38.3 Å². The second-order valence-corrected chi connectivity index (χ2v) is 4.98. The summed E-state index contributed by atoms with van der Waals surface area (Å²) in [6.45, 7) is 1.92. The lowest BCUT2D eigenvalue weighted by Gasteiger charge is -2.24. The molecule has 1 atom stereocenters. The van der Waals surface area contributed by atoms with E-state index >= 15 is 0 Å². The molecule has 3 nitrogen and oxygen atoms in total. The van der Waals surface area contributed by atoms with Crippen LogP contribution in [0.5, 0.6) is 0 Å². The van der Waals surface area contributed by atoms with Gasteiger partial charge in [-0.1, -0.05) is 0 Å². The van der Waals surface area contributed by atoms with E-state index in [0.29, 0.717) is 11.4 Å². The minimum Gasteiger partial charge on any atom is -0.330 e. The van der Waals surface area contributed by atoms with Crippen molar-refractivity contribution in [2.24, 2.45) is 11.1 Å². The maximum atomic E-state index is 12.9. The third kappa shape index (κ3) is 2.48. The molecule has 1 saturated carbocycles. The van der Waals surface area contributed by atoms with Gasteiger partial charge in [-0.25, -0.2) is 9.97 Å². The van der Waals surface area contributed by atoms with Crippen molar-refractivity contribution in [1.29, 1.82) is 0 Å². The average Bonchev–Trinajstić information content (AvgIpc) is 3.07. The summed E-state index contributed by atoms with van der Waals surface area (Å²) in [6, 6.07) is 0. The molecule has 0 aliphatic heterocycles. The number of rotatable bonds is 4. The Kier molecular flexibility index (Phi) is 3.31. The van der Waals surface area contributed by atoms with Crippen LogP contribution in [0.3, 0.4) is 0 Å². The molecule has 1 fully saturated rings. The summed E-state index contributed by atoms with van der Waals surface area (Å²) in [5, 5.41) is 0. The van der Waals surface area contributed by atoms with E-state index in [4.69, 9.17) is 5.73 Å². The molecule has 6 heteroatoms. The van der Waals surface area contributed by atoms with Crippen LogP contribution < -0.4 is 5.73 Å². The predicted octanol–water partition coefficient (Wildman–Crippen LogP) is 2.56. The van der Waals surface area contributed by atoms with Crippen molar-refractivity contribution in [2.75, 3.05) is 6.54 Å². The van der Waals surface area contributed by atoms with Crippen LogP contribution in [0.1, 0.15) is 36.6 Å². The first kappa shape index (κ1) is 13.3. The zero-order valence-electron chi connectivity index (χ0n) is 10.2. The molecule has 0 bridgehead atoms. The number of nitrogens with zero attached hydrogens (tertiary/aromatic N) is 2. The van der Waals surface area contributed by atoms with E-state index in [1.165, 1.54) is 0 Å². The number of aryl methyl sites for hydroxylation is 1. The van der Waals surface area contributed by atoms with Crippen LogP contribution in [-0.2, 0) is 0 Å². The monoisotopic (exact) mass is 259 g/mol. The lowest BCUT2D eigenvalue weighted by molar-refractivity contribution is -0.190. The summed E-state index contributed by atoms with van der Waals surface area (Å²) in [5.41, 5.74) is 4.77. The van der Waals surface area contributed by atoms with Crippen LogP contribution in [-0.4, -0.2) is 22.7 Å². The molecule has 0 aromatic carbocycles. The van der Waals surface area contributed by atoms with Crippen molar-refractivity contribution >= 4 is 0 Å². The van der Waals surface area contributed by atoms with Crippen LogP contribution >= 0.6 is 0 Å². The summed E-state index contributed by atoms with van der Waals surface area (Å²) in [4.78, 5) is 8.03. The maximum Gasteiger partial charge on any atom is 0.394 e. The molecule has 0 radical (unpaired) electrons. The summed E-state index contributed by atoms with van der Waals surface area (Å²) in [6.07, 6.45) is -0.524. The average molecular weight is 259 g/mol. The van der Waals surface area contributed by atoms with Gasteiger partial charge >= 0.3 is 6.18 Å². The minimum absolute atomic E-state index is 0.0411. The van der Waals surface area contributed by atoms with E-state index < -0.39 is 11.6 Å². The number of alkyl halides is 3. The summed E-state index contributed by atoms with van der Waals surface area (Å²) in [5.74, 6) is 0.279. The molecule has 1 aliphatic carbocycles. The smallest absolute Gasteiger partial charge is 0.330 e. The summed E-state index contributed by atoms with van der Waals surface area (Å²) < 4.78 is 38.7. The highest BCUT2D eigenvalue weighted by atomic mass is 19.4. The van der Waals surface area contributed by atoms with Gasteiger partial charge in [0.25, 0.3) is 0 Å². The first-order valence-electron chi connectivity index (χ1n) is 5.93. The number of halogens is 3. The zero-order valence-corrected chi connectivity index (χ0v) is 10.2. The minimum atomic E-state index is -4.13. The van der Waals surface area contributed by atoms with Crippen molar-refractivity contribution in [3.63, 3.8) is 0 Å². The Hall–Kier alpha value is -1.17. The van der Waals surface area contributed by atoms with Crippen molar-refractivity contribution in [3.8, 4) is 0 Å². The van der Waals surface area contributed by atoms with E-state index in [-0.39, 0.29) is 31.7 Å². The highest BCUT2D eigenvalue weighted by Gasteiger charge is 2.63. The molecule has 18 heavy (non-hydrogen) atoms. The first-order chi connectivity index (χ1) is 8.38. The van der Waals surface area contributed by atoms with Crippen molar-refractivity contribution in [2.45, 2.75) is 38.3 Å². The SMILES string of the molecule is Cc1ncc([C@H](CN)CC2(C(F)(F)F)CC2)cn1. The normalized spacial score (nSPS) is 19.6. The Morgan fingerprint density at radius 3 is 2.28 bits per heavy atom. The Morgan fingerprint density at radius 2 is 1.89 bits per heavy atom. The Balaban J connectivity index is 2.13. The number of nitrogens with two attached hydrogens (primary N) is 1. The van der Waals surface area contributed by atoms with Crippen molar-refractivity contribution < 1.29 is 13.2 Å². The van der Waals surface area contributed by atoms with Crippen LogP contribution in [0.2, 0.25) is 0 Å². The predicted molar refractivity (Wildman–Crippen MR) is 60.9 cm³/mol. The van der Waals surface area contributed by atoms with Crippen LogP contribution in [0, 0.1) is 12.3 Å². The topological polar surface area (TPSA) is 51.8 Å². The fraction of sp³-hybridized carbons (Fsp3) is 0.667. The molecule has 0 saturated heterocycles. The molecule has 1 aromatic heterocycles. The molecule has 0 amide bonds.